The summed E-state index contributed by atoms with van der Waals surface area (Å²) in [6.45, 7) is 0.770. The van der Waals surface area contributed by atoms with Crippen LogP contribution >= 0.6 is 0 Å². The molecule has 6 nitrogen and oxygen atoms in total. The van der Waals surface area contributed by atoms with E-state index in [1.165, 1.54) is 0 Å². The van der Waals surface area contributed by atoms with Crippen molar-refractivity contribution in [3.05, 3.63) is 84.2 Å². The number of fused-ring (bicyclic) bond motifs is 2. The average molecular weight is 452 g/mol. The fraction of sp³-hybridized carbons (Fsp3) is 0.250. The molecule has 1 aliphatic heterocycles. The van der Waals surface area contributed by atoms with Crippen LogP contribution in [0.15, 0.2) is 73.1 Å². The van der Waals surface area contributed by atoms with Crippen molar-refractivity contribution in [1.82, 2.24) is 14.9 Å². The molecule has 6 heteroatoms. The molecule has 0 unspecified atom stereocenters. The molecule has 2 aliphatic rings. The number of rotatable bonds is 5. The summed E-state index contributed by atoms with van der Waals surface area (Å²) in [5.41, 5.74) is 4.26. The number of hydrogen-bond donors (Lipinski definition) is 0. The molecule has 4 aromatic rings. The van der Waals surface area contributed by atoms with Gasteiger partial charge in [-0.1, -0.05) is 37.1 Å². The van der Waals surface area contributed by atoms with Crippen LogP contribution in [0.1, 0.15) is 41.6 Å². The molecule has 0 atom stereocenters. The largest absolute Gasteiger partial charge is 0.454 e. The Balaban J connectivity index is 1.42. The second-order valence-corrected chi connectivity index (χ2v) is 8.87. The Hall–Kier alpha value is -3.93. The van der Waals surface area contributed by atoms with Gasteiger partial charge in [0.1, 0.15) is 0 Å². The first kappa shape index (κ1) is 20.7. The lowest BCUT2D eigenvalue weighted by Gasteiger charge is -2.30. The molecule has 0 radical (unpaired) electrons. The number of carbonyl (C=O) groups excluding carboxylic acids is 1. The van der Waals surface area contributed by atoms with Gasteiger partial charge in [-0.25, -0.2) is 4.98 Å². The maximum Gasteiger partial charge on any atom is 0.255 e. The molecule has 3 heterocycles. The Kier molecular flexibility index (Phi) is 5.34. The Morgan fingerprint density at radius 3 is 2.59 bits per heavy atom. The Labute approximate surface area is 198 Å². The second-order valence-electron chi connectivity index (χ2n) is 8.87. The fourth-order valence-corrected chi connectivity index (χ4v) is 5.00. The van der Waals surface area contributed by atoms with Crippen LogP contribution in [0.3, 0.4) is 0 Å². The van der Waals surface area contributed by atoms with Crippen molar-refractivity contribution in [3.8, 4) is 22.8 Å². The van der Waals surface area contributed by atoms with Crippen molar-refractivity contribution in [2.75, 3.05) is 6.79 Å². The van der Waals surface area contributed by atoms with Crippen molar-refractivity contribution in [1.29, 1.82) is 0 Å². The average Bonchev–Trinajstić information content (AvgIpc) is 3.59. The zero-order valence-electron chi connectivity index (χ0n) is 18.8. The highest BCUT2D eigenvalue weighted by Gasteiger charge is 2.29. The van der Waals surface area contributed by atoms with Crippen molar-refractivity contribution in [2.45, 2.75) is 38.3 Å². The van der Waals surface area contributed by atoms with E-state index in [2.05, 4.69) is 4.98 Å². The SMILES string of the molecule is O=C(c1cc(-c2ccncc2)nc2ccccc12)N(Cc1ccc2c(c1)OCO2)C1CCCC1. The van der Waals surface area contributed by atoms with Gasteiger partial charge >= 0.3 is 0 Å². The van der Waals surface area contributed by atoms with Crippen LogP contribution in [-0.2, 0) is 6.54 Å². The normalized spacial score (nSPS) is 15.1. The molecule has 34 heavy (non-hydrogen) atoms. The van der Waals surface area contributed by atoms with Crippen LogP contribution in [0.5, 0.6) is 11.5 Å². The lowest BCUT2D eigenvalue weighted by molar-refractivity contribution is 0.0666. The van der Waals surface area contributed by atoms with Gasteiger partial charge in [-0.2, -0.15) is 0 Å². The van der Waals surface area contributed by atoms with E-state index < -0.39 is 0 Å². The summed E-state index contributed by atoms with van der Waals surface area (Å²) in [7, 11) is 0. The van der Waals surface area contributed by atoms with Gasteiger partial charge in [0, 0.05) is 35.9 Å². The third-order valence-corrected chi connectivity index (χ3v) is 6.74. The zero-order valence-corrected chi connectivity index (χ0v) is 18.8. The number of benzene rings is 2. The smallest absolute Gasteiger partial charge is 0.255 e. The number of pyridine rings is 2. The number of aromatic nitrogens is 2. The monoisotopic (exact) mass is 451 g/mol. The quantitative estimate of drug-likeness (QED) is 0.395. The highest BCUT2D eigenvalue weighted by atomic mass is 16.7. The van der Waals surface area contributed by atoms with Crippen LogP contribution in [0.2, 0.25) is 0 Å². The molecule has 1 fully saturated rings. The molecule has 0 N–H and O–H groups in total. The van der Waals surface area contributed by atoms with Gasteiger partial charge in [0.15, 0.2) is 11.5 Å². The van der Waals surface area contributed by atoms with E-state index in [0.29, 0.717) is 12.1 Å². The summed E-state index contributed by atoms with van der Waals surface area (Å²) >= 11 is 0. The lowest BCUT2D eigenvalue weighted by atomic mass is 10.0. The highest BCUT2D eigenvalue weighted by molar-refractivity contribution is 6.07. The number of amides is 1. The molecule has 0 spiro atoms. The maximum atomic E-state index is 14.2. The zero-order chi connectivity index (χ0) is 22.9. The fourth-order valence-electron chi connectivity index (χ4n) is 5.00. The molecule has 170 valence electrons. The lowest BCUT2D eigenvalue weighted by Crippen LogP contribution is -2.38. The third-order valence-electron chi connectivity index (χ3n) is 6.74. The summed E-state index contributed by atoms with van der Waals surface area (Å²) in [4.78, 5) is 25.2. The third kappa shape index (κ3) is 3.85. The predicted molar refractivity (Wildman–Crippen MR) is 130 cm³/mol. The van der Waals surface area contributed by atoms with Crippen LogP contribution < -0.4 is 9.47 Å². The van der Waals surface area contributed by atoms with Crippen molar-refractivity contribution >= 4 is 16.8 Å². The van der Waals surface area contributed by atoms with Gasteiger partial charge < -0.3 is 14.4 Å². The van der Waals surface area contributed by atoms with E-state index in [9.17, 15) is 4.79 Å². The van der Waals surface area contributed by atoms with Gasteiger partial charge in [-0.05, 0) is 54.8 Å². The van der Waals surface area contributed by atoms with E-state index in [1.807, 2.05) is 65.6 Å². The predicted octanol–water partition coefficient (Wildman–Crippen LogP) is 5.61. The van der Waals surface area contributed by atoms with E-state index in [-0.39, 0.29) is 18.7 Å². The molecule has 2 aromatic heterocycles. The highest BCUT2D eigenvalue weighted by Crippen LogP contribution is 2.35. The van der Waals surface area contributed by atoms with Crippen molar-refractivity contribution in [2.24, 2.45) is 0 Å². The Morgan fingerprint density at radius 2 is 1.74 bits per heavy atom. The van der Waals surface area contributed by atoms with Crippen LogP contribution in [0.4, 0.5) is 0 Å². The number of carbonyl (C=O) groups is 1. The maximum absolute atomic E-state index is 14.2. The van der Waals surface area contributed by atoms with Crippen molar-refractivity contribution in [3.63, 3.8) is 0 Å². The Morgan fingerprint density at radius 1 is 0.941 bits per heavy atom. The van der Waals surface area contributed by atoms with Crippen molar-refractivity contribution < 1.29 is 14.3 Å². The summed E-state index contributed by atoms with van der Waals surface area (Å²) in [6.07, 6.45) is 7.84. The number of para-hydroxylation sites is 1. The molecule has 0 bridgehead atoms. The van der Waals surface area contributed by atoms with E-state index in [0.717, 1.165) is 64.9 Å². The molecular weight excluding hydrogens is 426 g/mol. The first-order valence-corrected chi connectivity index (χ1v) is 11.8. The standard InChI is InChI=1S/C28H25N3O3/c32-28(23-16-25(20-11-13-29-14-12-20)30-24-8-4-3-7-22(23)24)31(21-5-1-2-6-21)17-19-9-10-26-27(15-19)34-18-33-26/h3-4,7-16,21H,1-2,5-6,17-18H2. The molecule has 2 aromatic carbocycles. The number of hydrogen-bond acceptors (Lipinski definition) is 5. The van der Waals surface area contributed by atoms with Crippen LogP contribution in [0, 0.1) is 0 Å². The molecule has 6 rings (SSSR count). The topological polar surface area (TPSA) is 64.6 Å². The van der Waals surface area contributed by atoms with Crippen LogP contribution in [-0.4, -0.2) is 33.6 Å². The van der Waals surface area contributed by atoms with E-state index >= 15 is 0 Å². The molecule has 1 aliphatic carbocycles. The van der Waals surface area contributed by atoms with Gasteiger partial charge in [0.05, 0.1) is 16.8 Å². The minimum Gasteiger partial charge on any atom is -0.454 e. The van der Waals surface area contributed by atoms with E-state index in [4.69, 9.17) is 14.5 Å². The minimum absolute atomic E-state index is 0.0403. The first-order chi connectivity index (χ1) is 16.8. The Bertz CT molecular complexity index is 1350. The summed E-state index contributed by atoms with van der Waals surface area (Å²) in [6, 6.07) is 19.8. The van der Waals surface area contributed by atoms with Gasteiger partial charge in [-0.15, -0.1) is 0 Å². The summed E-state index contributed by atoms with van der Waals surface area (Å²) in [5, 5.41) is 0.874. The molecule has 1 saturated carbocycles. The van der Waals surface area contributed by atoms with Gasteiger partial charge in [-0.3, -0.25) is 9.78 Å². The van der Waals surface area contributed by atoms with Crippen LogP contribution in [0.25, 0.3) is 22.2 Å². The second kappa shape index (κ2) is 8.78. The summed E-state index contributed by atoms with van der Waals surface area (Å²) < 4.78 is 11.0. The molecular formula is C28H25N3O3. The number of ether oxygens (including phenoxy) is 2. The molecule has 0 saturated heterocycles. The summed E-state index contributed by atoms with van der Waals surface area (Å²) in [5.74, 6) is 1.54. The van der Waals surface area contributed by atoms with Gasteiger partial charge in [0.2, 0.25) is 6.79 Å². The van der Waals surface area contributed by atoms with E-state index in [1.54, 1.807) is 12.4 Å². The van der Waals surface area contributed by atoms with Gasteiger partial charge in [0.25, 0.3) is 5.91 Å². The first-order valence-electron chi connectivity index (χ1n) is 11.8. The minimum atomic E-state index is 0.0403. The number of nitrogens with zero attached hydrogens (tertiary/aromatic N) is 3. The molecule has 1 amide bonds.